The van der Waals surface area contributed by atoms with E-state index < -0.39 is 42.7 Å². The third kappa shape index (κ3) is 6.68. The van der Waals surface area contributed by atoms with Crippen molar-refractivity contribution >= 4 is 34.2 Å². The Labute approximate surface area is 238 Å². The number of hydrogen-bond acceptors (Lipinski definition) is 7. The number of likely N-dealkylation sites (N-methyl/N-ethyl adjacent to an activating group) is 1. The maximum absolute atomic E-state index is 13.8. The minimum Gasteiger partial charge on any atom is -0.354 e. The molecule has 2 saturated heterocycles. The van der Waals surface area contributed by atoms with Gasteiger partial charge in [0.2, 0.25) is 5.82 Å². The van der Waals surface area contributed by atoms with Crippen molar-refractivity contribution in [2.75, 3.05) is 57.8 Å². The number of aromatic nitrogens is 3. The van der Waals surface area contributed by atoms with Crippen molar-refractivity contribution in [1.29, 1.82) is 0 Å². The Kier molecular flexibility index (Phi) is 8.31. The lowest BCUT2D eigenvalue weighted by molar-refractivity contribution is -0.145. The summed E-state index contributed by atoms with van der Waals surface area (Å²) in [5.41, 5.74) is 1.06. The Morgan fingerprint density at radius 3 is 2.32 bits per heavy atom. The van der Waals surface area contributed by atoms with Gasteiger partial charge in [0, 0.05) is 82.0 Å². The van der Waals surface area contributed by atoms with Crippen LogP contribution in [0.2, 0.25) is 5.02 Å². The van der Waals surface area contributed by atoms with Crippen LogP contribution in [0.4, 0.5) is 27.8 Å². The number of amides is 1. The minimum absolute atomic E-state index is 0.0113. The third-order valence-corrected chi connectivity index (χ3v) is 7.91. The summed E-state index contributed by atoms with van der Waals surface area (Å²) in [5, 5.41) is 3.55. The summed E-state index contributed by atoms with van der Waals surface area (Å²) >= 11 is 6.45. The predicted octanol–water partition coefficient (Wildman–Crippen LogP) is 4.65. The summed E-state index contributed by atoms with van der Waals surface area (Å²) in [5.74, 6) is -3.86. The van der Waals surface area contributed by atoms with Crippen LogP contribution in [0.25, 0.3) is 10.9 Å². The zero-order chi connectivity index (χ0) is 29.4. The number of carbonyl (C=O) groups is 1. The molecule has 0 radical (unpaired) electrons. The summed E-state index contributed by atoms with van der Waals surface area (Å²) in [7, 11) is 2.06. The first-order valence-corrected chi connectivity index (χ1v) is 13.6. The number of piperazine rings is 1. The summed E-state index contributed by atoms with van der Waals surface area (Å²) in [4.78, 5) is 31.2. The van der Waals surface area contributed by atoms with E-state index in [0.29, 0.717) is 10.9 Å². The second-order valence-corrected chi connectivity index (χ2v) is 10.8. The van der Waals surface area contributed by atoms with E-state index in [1.54, 1.807) is 23.1 Å². The molecule has 8 nitrogen and oxygen atoms in total. The van der Waals surface area contributed by atoms with Crippen LogP contribution >= 0.6 is 11.6 Å². The second kappa shape index (κ2) is 11.6. The molecule has 1 aromatic carbocycles. The number of rotatable bonds is 6. The van der Waals surface area contributed by atoms with Gasteiger partial charge in [-0.25, -0.2) is 23.7 Å². The molecule has 2 aliphatic rings. The van der Waals surface area contributed by atoms with Crippen LogP contribution < -0.4 is 10.2 Å². The van der Waals surface area contributed by atoms with Crippen molar-refractivity contribution in [3.63, 3.8) is 0 Å². The molecule has 2 aliphatic heterocycles. The molecule has 1 atom stereocenters. The average Bonchev–Trinajstić information content (AvgIpc) is 2.93. The molecule has 3 aromatic rings. The lowest BCUT2D eigenvalue weighted by atomic mass is 10.0. The number of anilines is 1. The number of likely N-dealkylation sites (tertiary alicyclic amines) is 1. The SMILES string of the molecule is CN1CCN(c2ccc3c(C(=O)NCC(c4cnc(C(F)(F)F)nc4)N4CCC(F)(F)CC4)c(Cl)ccc3n2)CC1. The maximum atomic E-state index is 13.8. The summed E-state index contributed by atoms with van der Waals surface area (Å²) < 4.78 is 66.7. The molecule has 1 amide bonds. The first-order chi connectivity index (χ1) is 19.4. The van der Waals surface area contributed by atoms with E-state index in [4.69, 9.17) is 16.6 Å². The molecule has 4 heterocycles. The van der Waals surface area contributed by atoms with Gasteiger partial charge in [0.1, 0.15) is 5.82 Å². The number of pyridine rings is 1. The van der Waals surface area contributed by atoms with Crippen LogP contribution in [0, 0.1) is 0 Å². The molecule has 41 heavy (non-hydrogen) atoms. The molecule has 2 aromatic heterocycles. The van der Waals surface area contributed by atoms with Crippen molar-refractivity contribution < 1.29 is 26.7 Å². The van der Waals surface area contributed by atoms with Crippen molar-refractivity contribution in [1.82, 2.24) is 30.1 Å². The first kappa shape index (κ1) is 29.3. The van der Waals surface area contributed by atoms with Crippen molar-refractivity contribution in [2.24, 2.45) is 0 Å². The van der Waals surface area contributed by atoms with Gasteiger partial charge in [-0.1, -0.05) is 11.6 Å². The standard InChI is InChI=1S/C27H29ClF5N7O/c1-38-10-12-40(13-11-38)22-5-2-18-20(37-22)4-3-19(28)23(18)24(41)34-16-21(39-8-6-26(29,30)7-9-39)17-14-35-25(36-15-17)27(31,32)33/h2-5,14-15,21H,6-13,16H2,1H3,(H,34,41). The lowest BCUT2D eigenvalue weighted by Crippen LogP contribution is -2.45. The van der Waals surface area contributed by atoms with Gasteiger partial charge in [0.05, 0.1) is 22.1 Å². The van der Waals surface area contributed by atoms with Gasteiger partial charge >= 0.3 is 6.18 Å². The fourth-order valence-electron chi connectivity index (χ4n) is 5.16. The maximum Gasteiger partial charge on any atom is 0.451 e. The summed E-state index contributed by atoms with van der Waals surface area (Å²) in [6.45, 7) is 3.37. The van der Waals surface area contributed by atoms with Gasteiger partial charge in [-0.15, -0.1) is 0 Å². The Morgan fingerprint density at radius 1 is 1.02 bits per heavy atom. The fourth-order valence-corrected chi connectivity index (χ4v) is 5.41. The van der Waals surface area contributed by atoms with Gasteiger partial charge in [0.25, 0.3) is 11.8 Å². The van der Waals surface area contributed by atoms with Crippen LogP contribution in [0.15, 0.2) is 36.7 Å². The van der Waals surface area contributed by atoms with E-state index in [9.17, 15) is 26.7 Å². The van der Waals surface area contributed by atoms with Crippen molar-refractivity contribution in [2.45, 2.75) is 31.0 Å². The van der Waals surface area contributed by atoms with Crippen molar-refractivity contribution in [3.05, 3.63) is 58.6 Å². The van der Waals surface area contributed by atoms with E-state index in [-0.39, 0.29) is 35.8 Å². The molecule has 0 spiro atoms. The molecule has 1 unspecified atom stereocenters. The number of hydrogen-bond donors (Lipinski definition) is 1. The number of nitrogens with zero attached hydrogens (tertiary/aromatic N) is 6. The average molecular weight is 598 g/mol. The zero-order valence-corrected chi connectivity index (χ0v) is 23.0. The molecule has 14 heteroatoms. The highest BCUT2D eigenvalue weighted by Crippen LogP contribution is 2.33. The minimum atomic E-state index is -4.72. The molecule has 5 rings (SSSR count). The number of halogens is 6. The fraction of sp³-hybridized carbons (Fsp3) is 0.481. The molecule has 2 fully saturated rings. The van der Waals surface area contributed by atoms with E-state index in [1.165, 1.54) is 0 Å². The van der Waals surface area contributed by atoms with E-state index in [1.807, 2.05) is 6.07 Å². The van der Waals surface area contributed by atoms with E-state index >= 15 is 0 Å². The molecule has 0 bridgehead atoms. The molecule has 0 saturated carbocycles. The number of fused-ring (bicyclic) bond motifs is 1. The number of alkyl halides is 5. The smallest absolute Gasteiger partial charge is 0.354 e. The summed E-state index contributed by atoms with van der Waals surface area (Å²) in [6.07, 6.45) is -3.49. The van der Waals surface area contributed by atoms with E-state index in [0.717, 1.165) is 44.4 Å². The van der Waals surface area contributed by atoms with Gasteiger partial charge in [-0.05, 0) is 31.3 Å². The largest absolute Gasteiger partial charge is 0.451 e. The second-order valence-electron chi connectivity index (χ2n) is 10.4. The number of nitrogens with one attached hydrogen (secondary N) is 1. The Morgan fingerprint density at radius 2 is 1.68 bits per heavy atom. The quantitative estimate of drug-likeness (QED) is 0.415. The number of benzene rings is 1. The molecular weight excluding hydrogens is 569 g/mol. The Bertz CT molecular complexity index is 1390. The van der Waals surface area contributed by atoms with Crippen LogP contribution in [0.1, 0.15) is 40.6 Å². The van der Waals surface area contributed by atoms with Gasteiger partial charge in [0.15, 0.2) is 0 Å². The molecule has 220 valence electrons. The van der Waals surface area contributed by atoms with Crippen molar-refractivity contribution in [3.8, 4) is 0 Å². The van der Waals surface area contributed by atoms with Gasteiger partial charge in [-0.3, -0.25) is 9.69 Å². The topological polar surface area (TPSA) is 77.5 Å². The van der Waals surface area contributed by atoms with Crippen LogP contribution in [-0.2, 0) is 6.18 Å². The number of carbonyl (C=O) groups excluding carboxylic acids is 1. The highest BCUT2D eigenvalue weighted by atomic mass is 35.5. The molecule has 1 N–H and O–H groups in total. The monoisotopic (exact) mass is 597 g/mol. The molecule has 0 aliphatic carbocycles. The highest BCUT2D eigenvalue weighted by molar-refractivity contribution is 6.35. The van der Waals surface area contributed by atoms with Gasteiger partial charge in [-0.2, -0.15) is 13.2 Å². The third-order valence-electron chi connectivity index (χ3n) is 7.60. The van der Waals surface area contributed by atoms with E-state index in [2.05, 4.69) is 32.1 Å². The Balaban J connectivity index is 1.37. The highest BCUT2D eigenvalue weighted by Gasteiger charge is 2.38. The normalized spacial score (nSPS) is 19.3. The predicted molar refractivity (Wildman–Crippen MR) is 144 cm³/mol. The van der Waals surface area contributed by atoms with Gasteiger partial charge < -0.3 is 15.1 Å². The van der Waals surface area contributed by atoms with Crippen LogP contribution in [0.5, 0.6) is 0 Å². The Hall–Kier alpha value is -3.16. The molecular formula is C27H29ClF5N7O. The summed E-state index contributed by atoms with van der Waals surface area (Å²) in [6, 6.07) is 6.24. The first-order valence-electron chi connectivity index (χ1n) is 13.2. The van der Waals surface area contributed by atoms with Crippen LogP contribution in [0.3, 0.4) is 0 Å². The zero-order valence-electron chi connectivity index (χ0n) is 22.3. The number of piperidine rings is 1. The van der Waals surface area contributed by atoms with Crippen LogP contribution in [-0.4, -0.2) is 89.4 Å². The lowest BCUT2D eigenvalue weighted by Gasteiger charge is -2.37.